The molecule has 0 saturated heterocycles. The van der Waals surface area contributed by atoms with Gasteiger partial charge in [-0.3, -0.25) is 9.59 Å². The van der Waals surface area contributed by atoms with Gasteiger partial charge in [-0.15, -0.1) is 0 Å². The van der Waals surface area contributed by atoms with Crippen LogP contribution in [0.5, 0.6) is 0 Å². The van der Waals surface area contributed by atoms with Crippen LogP contribution in [-0.2, 0) is 19.1 Å². The Balaban J connectivity index is 3.68. The highest BCUT2D eigenvalue weighted by Gasteiger charge is 2.16. The number of allylic oxidation sites excluding steroid dienone is 10. The van der Waals surface area contributed by atoms with E-state index in [-0.39, 0.29) is 25.2 Å². The Morgan fingerprint density at radius 3 is 1.57 bits per heavy atom. The number of hydrogen-bond acceptors (Lipinski definition) is 5. The van der Waals surface area contributed by atoms with Gasteiger partial charge in [0.25, 0.3) is 0 Å². The Kier molecular flexibility index (Phi) is 31.2. The van der Waals surface area contributed by atoms with Gasteiger partial charge in [0.05, 0.1) is 6.61 Å². The number of hydrogen-bond donors (Lipinski definition) is 1. The third kappa shape index (κ3) is 30.6. The van der Waals surface area contributed by atoms with E-state index in [1.807, 2.05) is 0 Å². The summed E-state index contributed by atoms with van der Waals surface area (Å²) in [7, 11) is 0. The minimum Gasteiger partial charge on any atom is -0.462 e. The molecule has 0 aliphatic heterocycles. The maximum atomic E-state index is 12.1. The van der Waals surface area contributed by atoms with Gasteiger partial charge < -0.3 is 14.6 Å². The first-order valence-electron chi connectivity index (χ1n) is 16.8. The summed E-state index contributed by atoms with van der Waals surface area (Å²) in [4.78, 5) is 24.1. The highest BCUT2D eigenvalue weighted by Crippen LogP contribution is 2.10. The van der Waals surface area contributed by atoms with Crippen molar-refractivity contribution in [1.82, 2.24) is 0 Å². The Bertz CT molecular complexity index is 762. The SMILES string of the molecule is CCC=CCC=CCC=CCC=CCCCCCCC(=O)O[C@@H](CO)COC(=O)CCCCCCCC=CCCCC. The van der Waals surface area contributed by atoms with Gasteiger partial charge in [0, 0.05) is 12.8 Å². The van der Waals surface area contributed by atoms with Gasteiger partial charge in [0.15, 0.2) is 6.10 Å². The van der Waals surface area contributed by atoms with Crippen molar-refractivity contribution in [2.24, 2.45) is 0 Å². The van der Waals surface area contributed by atoms with E-state index in [0.29, 0.717) is 12.8 Å². The monoisotopic (exact) mass is 586 g/mol. The first kappa shape index (κ1) is 39.6. The van der Waals surface area contributed by atoms with E-state index in [1.165, 1.54) is 32.1 Å². The number of aliphatic hydroxyl groups excluding tert-OH is 1. The minimum atomic E-state index is -0.787. The first-order valence-corrected chi connectivity index (χ1v) is 16.8. The van der Waals surface area contributed by atoms with E-state index >= 15 is 0 Å². The molecule has 240 valence electrons. The molecule has 0 aliphatic rings. The first-order chi connectivity index (χ1) is 20.6. The smallest absolute Gasteiger partial charge is 0.306 e. The average Bonchev–Trinajstić information content (AvgIpc) is 2.99. The molecule has 0 bridgehead atoms. The second kappa shape index (κ2) is 33.1. The maximum Gasteiger partial charge on any atom is 0.306 e. The van der Waals surface area contributed by atoms with Gasteiger partial charge in [-0.05, 0) is 70.6 Å². The molecule has 5 nitrogen and oxygen atoms in total. The molecule has 0 amide bonds. The molecule has 0 saturated carbocycles. The van der Waals surface area contributed by atoms with Crippen molar-refractivity contribution >= 4 is 11.9 Å². The lowest BCUT2D eigenvalue weighted by molar-refractivity contribution is -0.161. The summed E-state index contributed by atoms with van der Waals surface area (Å²) < 4.78 is 10.5. The van der Waals surface area contributed by atoms with Crippen LogP contribution >= 0.6 is 0 Å². The lowest BCUT2D eigenvalue weighted by atomic mass is 10.1. The highest BCUT2D eigenvalue weighted by molar-refractivity contribution is 5.70. The normalized spacial score (nSPS) is 12.9. The summed E-state index contributed by atoms with van der Waals surface area (Å²) in [6.07, 6.45) is 41.3. The van der Waals surface area contributed by atoms with E-state index in [2.05, 4.69) is 74.6 Å². The molecular weight excluding hydrogens is 524 g/mol. The van der Waals surface area contributed by atoms with Crippen molar-refractivity contribution in [2.75, 3.05) is 13.2 Å². The number of carbonyl (C=O) groups excluding carboxylic acids is 2. The Morgan fingerprint density at radius 2 is 1.02 bits per heavy atom. The predicted molar refractivity (Wildman–Crippen MR) is 177 cm³/mol. The lowest BCUT2D eigenvalue weighted by Gasteiger charge is -2.15. The highest BCUT2D eigenvalue weighted by atomic mass is 16.6. The summed E-state index contributed by atoms with van der Waals surface area (Å²) in [5.41, 5.74) is 0. The molecule has 0 heterocycles. The molecule has 5 heteroatoms. The minimum absolute atomic E-state index is 0.0830. The average molecular weight is 587 g/mol. The van der Waals surface area contributed by atoms with Crippen molar-refractivity contribution in [3.63, 3.8) is 0 Å². The van der Waals surface area contributed by atoms with Crippen molar-refractivity contribution < 1.29 is 24.2 Å². The molecule has 0 unspecified atom stereocenters. The fourth-order valence-electron chi connectivity index (χ4n) is 4.23. The molecule has 0 rings (SSSR count). The molecule has 1 atom stereocenters. The molecule has 1 N–H and O–H groups in total. The van der Waals surface area contributed by atoms with Gasteiger partial charge >= 0.3 is 11.9 Å². The molecule has 42 heavy (non-hydrogen) atoms. The zero-order valence-corrected chi connectivity index (χ0v) is 27.0. The largest absolute Gasteiger partial charge is 0.462 e. The van der Waals surface area contributed by atoms with Crippen LogP contribution in [0.4, 0.5) is 0 Å². The zero-order valence-electron chi connectivity index (χ0n) is 27.0. The van der Waals surface area contributed by atoms with Gasteiger partial charge in [0.2, 0.25) is 0 Å². The number of rotatable bonds is 29. The topological polar surface area (TPSA) is 72.8 Å². The Labute approximate surface area is 258 Å². The zero-order chi connectivity index (χ0) is 30.8. The summed E-state index contributed by atoms with van der Waals surface area (Å²) >= 11 is 0. The molecule has 0 aromatic rings. The second-order valence-electron chi connectivity index (χ2n) is 10.9. The van der Waals surface area contributed by atoms with Crippen molar-refractivity contribution in [3.8, 4) is 0 Å². The van der Waals surface area contributed by atoms with Crippen LogP contribution < -0.4 is 0 Å². The number of unbranched alkanes of at least 4 members (excludes halogenated alkanes) is 11. The fraction of sp³-hybridized carbons (Fsp3) is 0.676. The van der Waals surface area contributed by atoms with E-state index in [4.69, 9.17) is 9.47 Å². The van der Waals surface area contributed by atoms with Gasteiger partial charge in [-0.25, -0.2) is 0 Å². The standard InChI is InChI=1S/C37H62O5/c1-3-5-7-9-11-13-15-16-17-18-19-20-22-24-26-28-30-32-37(40)42-35(33-38)34-41-36(39)31-29-27-25-23-21-14-12-10-8-6-4-2/h5,7,10-13,16-17,19-20,35,38H,3-4,6,8-9,14-15,18,21-34H2,1-2H3/t35-/m0/s1. The molecule has 0 radical (unpaired) electrons. The molecule has 0 spiro atoms. The van der Waals surface area contributed by atoms with Gasteiger partial charge in [-0.1, -0.05) is 120 Å². The molecule has 0 fully saturated rings. The van der Waals surface area contributed by atoms with Crippen LogP contribution in [0, 0.1) is 0 Å². The summed E-state index contributed by atoms with van der Waals surface area (Å²) in [6.45, 7) is 3.93. The third-order valence-corrected chi connectivity index (χ3v) is 6.80. The number of esters is 2. The molecular formula is C37H62O5. The Morgan fingerprint density at radius 1 is 0.571 bits per heavy atom. The maximum absolute atomic E-state index is 12.1. The summed E-state index contributed by atoms with van der Waals surface area (Å²) in [5, 5.41) is 9.50. The van der Waals surface area contributed by atoms with E-state index in [9.17, 15) is 14.7 Å². The van der Waals surface area contributed by atoms with E-state index < -0.39 is 6.10 Å². The van der Waals surface area contributed by atoms with Crippen LogP contribution in [0.3, 0.4) is 0 Å². The summed E-state index contributed by atoms with van der Waals surface area (Å²) in [6, 6.07) is 0. The predicted octanol–water partition coefficient (Wildman–Crippen LogP) is 10.1. The number of carbonyl (C=O) groups is 2. The van der Waals surface area contributed by atoms with Crippen LogP contribution in [0.25, 0.3) is 0 Å². The van der Waals surface area contributed by atoms with Crippen molar-refractivity contribution in [2.45, 2.75) is 148 Å². The van der Waals surface area contributed by atoms with Crippen LogP contribution in [0.2, 0.25) is 0 Å². The van der Waals surface area contributed by atoms with Crippen molar-refractivity contribution in [1.29, 1.82) is 0 Å². The quantitative estimate of drug-likeness (QED) is 0.0536. The van der Waals surface area contributed by atoms with Crippen molar-refractivity contribution in [3.05, 3.63) is 60.8 Å². The third-order valence-electron chi connectivity index (χ3n) is 6.80. The second-order valence-corrected chi connectivity index (χ2v) is 10.9. The molecule has 0 aromatic heterocycles. The van der Waals surface area contributed by atoms with E-state index in [1.54, 1.807) is 0 Å². The van der Waals surface area contributed by atoms with Crippen LogP contribution in [0.15, 0.2) is 60.8 Å². The molecule has 0 aromatic carbocycles. The lowest BCUT2D eigenvalue weighted by Crippen LogP contribution is -2.28. The fourth-order valence-corrected chi connectivity index (χ4v) is 4.23. The number of ether oxygens (including phenoxy) is 2. The van der Waals surface area contributed by atoms with Gasteiger partial charge in [-0.2, -0.15) is 0 Å². The van der Waals surface area contributed by atoms with E-state index in [0.717, 1.165) is 83.5 Å². The number of aliphatic hydroxyl groups is 1. The molecule has 0 aliphatic carbocycles. The Hall–Kier alpha value is -2.40. The summed E-state index contributed by atoms with van der Waals surface area (Å²) in [5.74, 6) is -0.638. The van der Waals surface area contributed by atoms with Gasteiger partial charge in [0.1, 0.15) is 6.61 Å². The van der Waals surface area contributed by atoms with Crippen LogP contribution in [0.1, 0.15) is 142 Å². The van der Waals surface area contributed by atoms with Crippen LogP contribution in [-0.4, -0.2) is 36.4 Å².